The summed E-state index contributed by atoms with van der Waals surface area (Å²) >= 11 is 1.77. The van der Waals surface area contributed by atoms with E-state index in [4.69, 9.17) is 0 Å². The summed E-state index contributed by atoms with van der Waals surface area (Å²) in [5.41, 5.74) is 0. The molecular formula is C40H78N2S5. The predicted octanol–water partition coefficient (Wildman–Crippen LogP) is 17.3. The van der Waals surface area contributed by atoms with Crippen LogP contribution in [0, 0.1) is 0 Å². The zero-order valence-electron chi connectivity index (χ0n) is 31.4. The third kappa shape index (κ3) is 35.2. The van der Waals surface area contributed by atoms with Gasteiger partial charge in [0.25, 0.3) is 0 Å². The van der Waals surface area contributed by atoms with Gasteiger partial charge in [-0.15, -0.1) is 10.2 Å². The Balaban J connectivity index is 1.75. The molecule has 0 fully saturated rings. The van der Waals surface area contributed by atoms with Gasteiger partial charge in [0.05, 0.1) is 0 Å². The zero-order chi connectivity index (χ0) is 33.6. The molecule has 0 aliphatic heterocycles. The molecule has 0 aliphatic rings. The molecule has 278 valence electrons. The van der Waals surface area contributed by atoms with Crippen molar-refractivity contribution in [3.63, 3.8) is 0 Å². The van der Waals surface area contributed by atoms with E-state index >= 15 is 0 Å². The van der Waals surface area contributed by atoms with Gasteiger partial charge in [0, 0.05) is 11.5 Å². The third-order valence-electron chi connectivity index (χ3n) is 9.31. The third-order valence-corrected chi connectivity index (χ3v) is 15.7. The second-order valence-electron chi connectivity index (χ2n) is 14.0. The first-order valence-corrected chi connectivity index (χ1v) is 26.2. The molecule has 0 atom stereocenters. The number of rotatable bonds is 40. The van der Waals surface area contributed by atoms with Crippen LogP contribution in [0.25, 0.3) is 0 Å². The molecule has 0 unspecified atom stereocenters. The maximum atomic E-state index is 4.41. The minimum absolute atomic E-state index is 1.13. The normalized spacial score (nSPS) is 11.6. The van der Waals surface area contributed by atoms with Gasteiger partial charge in [0.15, 0.2) is 8.68 Å². The fraction of sp³-hybridized carbons (Fsp3) is 0.950. The van der Waals surface area contributed by atoms with Crippen LogP contribution in [0.2, 0.25) is 0 Å². The van der Waals surface area contributed by atoms with Crippen LogP contribution in [-0.2, 0) is 0 Å². The molecule has 0 aromatic carbocycles. The number of hydrogen-bond acceptors (Lipinski definition) is 7. The van der Waals surface area contributed by atoms with E-state index in [1.165, 1.54) is 230 Å². The molecule has 1 aromatic heterocycles. The molecule has 47 heavy (non-hydrogen) atoms. The van der Waals surface area contributed by atoms with Gasteiger partial charge in [-0.3, -0.25) is 0 Å². The summed E-state index contributed by atoms with van der Waals surface area (Å²) in [4.78, 5) is 0. The highest BCUT2D eigenvalue weighted by molar-refractivity contribution is 8.77. The minimum Gasteiger partial charge on any atom is -0.130 e. The van der Waals surface area contributed by atoms with E-state index in [1.54, 1.807) is 11.3 Å². The van der Waals surface area contributed by atoms with Crippen molar-refractivity contribution in [3.05, 3.63) is 0 Å². The van der Waals surface area contributed by atoms with Crippen molar-refractivity contribution in [2.24, 2.45) is 0 Å². The minimum atomic E-state index is 1.13. The highest BCUT2D eigenvalue weighted by atomic mass is 33.1. The molecule has 1 rings (SSSR count). The van der Waals surface area contributed by atoms with Crippen LogP contribution in [0.5, 0.6) is 0 Å². The lowest BCUT2D eigenvalue weighted by Gasteiger charge is -2.03. The SMILES string of the molecule is CCCCCCCCCCCCCCCCCCCSSc1nnc(SSCCCCCCCCCCCCCCCCCCC)s1. The molecule has 0 saturated carbocycles. The van der Waals surface area contributed by atoms with Crippen LogP contribution < -0.4 is 0 Å². The Morgan fingerprint density at radius 1 is 0.319 bits per heavy atom. The Morgan fingerprint density at radius 2 is 0.532 bits per heavy atom. The van der Waals surface area contributed by atoms with E-state index in [9.17, 15) is 0 Å². The van der Waals surface area contributed by atoms with Gasteiger partial charge in [-0.2, -0.15) is 0 Å². The second-order valence-corrected chi connectivity index (χ2v) is 20.3. The topological polar surface area (TPSA) is 25.8 Å². The van der Waals surface area contributed by atoms with E-state index in [2.05, 4.69) is 24.0 Å². The van der Waals surface area contributed by atoms with Crippen molar-refractivity contribution in [2.75, 3.05) is 11.5 Å². The maximum absolute atomic E-state index is 4.41. The Kier molecular flexibility index (Phi) is 38.9. The van der Waals surface area contributed by atoms with Gasteiger partial charge < -0.3 is 0 Å². The van der Waals surface area contributed by atoms with Gasteiger partial charge >= 0.3 is 0 Å². The molecule has 0 aliphatic carbocycles. The highest BCUT2D eigenvalue weighted by Crippen LogP contribution is 2.40. The van der Waals surface area contributed by atoms with Gasteiger partial charge in [-0.05, 0) is 34.4 Å². The number of aromatic nitrogens is 2. The van der Waals surface area contributed by atoms with Gasteiger partial charge in [-0.1, -0.05) is 252 Å². The fourth-order valence-electron chi connectivity index (χ4n) is 6.22. The zero-order valence-corrected chi connectivity index (χ0v) is 35.5. The lowest BCUT2D eigenvalue weighted by molar-refractivity contribution is 0.529. The van der Waals surface area contributed by atoms with Crippen LogP contribution in [0.4, 0.5) is 0 Å². The lowest BCUT2D eigenvalue weighted by atomic mass is 10.0. The first kappa shape index (κ1) is 46.0. The largest absolute Gasteiger partial charge is 0.185 e. The average Bonchev–Trinajstić information content (AvgIpc) is 3.54. The van der Waals surface area contributed by atoms with Crippen molar-refractivity contribution < 1.29 is 0 Å². The number of nitrogens with zero attached hydrogens (tertiary/aromatic N) is 2. The lowest BCUT2D eigenvalue weighted by Crippen LogP contribution is -1.84. The molecule has 0 spiro atoms. The summed E-state index contributed by atoms with van der Waals surface area (Å²) in [6.07, 6.45) is 49.0. The summed E-state index contributed by atoms with van der Waals surface area (Å²) in [6.45, 7) is 4.61. The van der Waals surface area contributed by atoms with Crippen molar-refractivity contribution in [1.82, 2.24) is 10.2 Å². The fourth-order valence-corrected chi connectivity index (χ4v) is 12.1. The number of hydrogen-bond donors (Lipinski definition) is 0. The Labute approximate surface area is 315 Å². The highest BCUT2D eigenvalue weighted by Gasteiger charge is 2.06. The van der Waals surface area contributed by atoms with Crippen LogP contribution in [0.3, 0.4) is 0 Å². The average molecular weight is 747 g/mol. The molecule has 0 radical (unpaired) electrons. The van der Waals surface area contributed by atoms with E-state index in [1.807, 2.05) is 43.2 Å². The standard InChI is InChI=1S/C40H78N2S5/c1-3-5-7-9-11-13-15-17-19-21-23-25-27-29-31-33-35-37-43-46-39-41-42-40(45-39)47-44-38-36-34-32-30-28-26-24-22-20-18-16-14-12-10-8-6-4-2/h3-38H2,1-2H3. The van der Waals surface area contributed by atoms with E-state index in [0.29, 0.717) is 0 Å². The molecule has 7 heteroatoms. The van der Waals surface area contributed by atoms with E-state index in [-0.39, 0.29) is 0 Å². The quantitative estimate of drug-likeness (QED) is 0.0490. The summed E-state index contributed by atoms with van der Waals surface area (Å²) in [5, 5.41) is 8.82. The summed E-state index contributed by atoms with van der Waals surface area (Å²) in [6, 6.07) is 0. The smallest absolute Gasteiger partial charge is 0.130 e. The van der Waals surface area contributed by atoms with E-state index < -0.39 is 0 Å². The second kappa shape index (κ2) is 39.7. The van der Waals surface area contributed by atoms with Crippen LogP contribution in [-0.4, -0.2) is 21.7 Å². The summed E-state index contributed by atoms with van der Waals surface area (Å²) in [7, 11) is 7.61. The summed E-state index contributed by atoms with van der Waals surface area (Å²) in [5.74, 6) is 2.47. The van der Waals surface area contributed by atoms with Crippen molar-refractivity contribution in [3.8, 4) is 0 Å². The summed E-state index contributed by atoms with van der Waals surface area (Å²) < 4.78 is 2.26. The maximum Gasteiger partial charge on any atom is 0.185 e. The van der Waals surface area contributed by atoms with Gasteiger partial charge in [0.1, 0.15) is 0 Å². The Hall–Kier alpha value is 0.960. The molecule has 0 N–H and O–H groups in total. The van der Waals surface area contributed by atoms with Crippen molar-refractivity contribution in [1.29, 1.82) is 0 Å². The van der Waals surface area contributed by atoms with Gasteiger partial charge in [-0.25, -0.2) is 0 Å². The van der Waals surface area contributed by atoms with Crippen LogP contribution in [0.1, 0.15) is 232 Å². The van der Waals surface area contributed by atoms with Crippen molar-refractivity contribution in [2.45, 2.75) is 241 Å². The molecule has 2 nitrogen and oxygen atoms in total. The first-order valence-electron chi connectivity index (χ1n) is 20.8. The van der Waals surface area contributed by atoms with Crippen LogP contribution in [0.15, 0.2) is 8.68 Å². The van der Waals surface area contributed by atoms with Crippen molar-refractivity contribution >= 4 is 54.5 Å². The van der Waals surface area contributed by atoms with E-state index in [0.717, 1.165) is 8.68 Å². The van der Waals surface area contributed by atoms with Gasteiger partial charge in [0.2, 0.25) is 0 Å². The molecule has 1 aromatic rings. The molecule has 0 saturated heterocycles. The molecule has 0 amide bonds. The first-order chi connectivity index (χ1) is 23.4. The predicted molar refractivity (Wildman–Crippen MR) is 225 cm³/mol. The Morgan fingerprint density at radius 3 is 0.766 bits per heavy atom. The number of unbranched alkanes of at least 4 members (excludes halogenated alkanes) is 32. The molecule has 1 heterocycles. The van der Waals surface area contributed by atoms with Crippen LogP contribution >= 0.6 is 54.5 Å². The molecular weight excluding hydrogens is 669 g/mol. The molecule has 0 bridgehead atoms. The Bertz CT molecular complexity index is 660. The monoisotopic (exact) mass is 746 g/mol.